The average Bonchev–Trinajstić information content (AvgIpc) is 2.65. The van der Waals surface area contributed by atoms with Crippen LogP contribution < -0.4 is 0 Å². The lowest BCUT2D eigenvalue weighted by Crippen LogP contribution is -2.08. The molecule has 0 aromatic heterocycles. The summed E-state index contributed by atoms with van der Waals surface area (Å²) in [6, 6.07) is 7.86. The van der Waals surface area contributed by atoms with Gasteiger partial charge in [0.1, 0.15) is 6.61 Å². The first-order valence-corrected chi connectivity index (χ1v) is 4.64. The zero-order chi connectivity index (χ0) is 9.97. The molecule has 0 aliphatic carbocycles. The summed E-state index contributed by atoms with van der Waals surface area (Å²) in [5.41, 5.74) is 2.08. The van der Waals surface area contributed by atoms with Gasteiger partial charge in [0.25, 0.3) is 0 Å². The molecule has 2 heteroatoms. The highest BCUT2D eigenvalue weighted by Crippen LogP contribution is 2.23. The first kappa shape index (κ1) is 9.16. The average molecular weight is 188 g/mol. The Hall–Kier alpha value is -1.41. The van der Waals surface area contributed by atoms with Gasteiger partial charge in [-0.1, -0.05) is 36.9 Å². The summed E-state index contributed by atoms with van der Waals surface area (Å²) >= 11 is 0. The van der Waals surface area contributed by atoms with Gasteiger partial charge in [0.2, 0.25) is 0 Å². The molecule has 1 saturated heterocycles. The van der Waals surface area contributed by atoms with Crippen molar-refractivity contribution in [1.29, 1.82) is 0 Å². The highest BCUT2D eigenvalue weighted by atomic mass is 16.5. The van der Waals surface area contributed by atoms with Crippen LogP contribution in [-0.2, 0) is 9.53 Å². The molecule has 0 saturated carbocycles. The molecule has 1 fully saturated rings. The van der Waals surface area contributed by atoms with E-state index in [1.807, 2.05) is 24.3 Å². The largest absolute Gasteiger partial charge is 0.373 e. The van der Waals surface area contributed by atoms with Gasteiger partial charge in [-0.3, -0.25) is 4.79 Å². The van der Waals surface area contributed by atoms with E-state index in [1.165, 1.54) is 0 Å². The molecule has 0 unspecified atom stereocenters. The SMILES string of the molecule is C=Cc1cccc([C@H]2COCC2=O)c1. The van der Waals surface area contributed by atoms with Gasteiger partial charge in [0.15, 0.2) is 5.78 Å². The second-order valence-electron chi connectivity index (χ2n) is 3.41. The summed E-state index contributed by atoms with van der Waals surface area (Å²) in [6.45, 7) is 4.47. The Morgan fingerprint density at radius 3 is 3.00 bits per heavy atom. The minimum absolute atomic E-state index is 0.0742. The Kier molecular flexibility index (Phi) is 2.46. The minimum atomic E-state index is -0.0742. The maximum Gasteiger partial charge on any atom is 0.168 e. The quantitative estimate of drug-likeness (QED) is 0.709. The van der Waals surface area contributed by atoms with Gasteiger partial charge in [-0.15, -0.1) is 0 Å². The first-order valence-electron chi connectivity index (χ1n) is 4.64. The Balaban J connectivity index is 2.31. The first-order chi connectivity index (χ1) is 6.81. The lowest BCUT2D eigenvalue weighted by molar-refractivity contribution is -0.118. The summed E-state index contributed by atoms with van der Waals surface area (Å²) in [4.78, 5) is 11.4. The van der Waals surface area contributed by atoms with Gasteiger partial charge in [0, 0.05) is 0 Å². The molecule has 0 spiro atoms. The summed E-state index contributed by atoms with van der Waals surface area (Å²) in [6.07, 6.45) is 1.78. The van der Waals surface area contributed by atoms with Crippen LogP contribution in [0.5, 0.6) is 0 Å². The molecule has 1 atom stereocenters. The number of hydrogen-bond donors (Lipinski definition) is 0. The van der Waals surface area contributed by atoms with Crippen molar-refractivity contribution in [3.8, 4) is 0 Å². The van der Waals surface area contributed by atoms with Gasteiger partial charge in [-0.2, -0.15) is 0 Å². The Morgan fingerprint density at radius 2 is 2.36 bits per heavy atom. The number of carbonyl (C=O) groups is 1. The highest BCUT2D eigenvalue weighted by Gasteiger charge is 2.26. The maximum atomic E-state index is 11.4. The summed E-state index contributed by atoms with van der Waals surface area (Å²) in [7, 11) is 0. The third kappa shape index (κ3) is 1.61. The van der Waals surface area contributed by atoms with E-state index in [0.717, 1.165) is 11.1 Å². The number of Topliss-reactive ketones (excluding diaryl/α,β-unsaturated/α-hetero) is 1. The molecule has 2 nitrogen and oxygen atoms in total. The van der Waals surface area contributed by atoms with Crippen LogP contribution in [-0.4, -0.2) is 19.0 Å². The zero-order valence-electron chi connectivity index (χ0n) is 7.90. The number of hydrogen-bond acceptors (Lipinski definition) is 2. The van der Waals surface area contributed by atoms with E-state index >= 15 is 0 Å². The van der Waals surface area contributed by atoms with Crippen molar-refractivity contribution in [1.82, 2.24) is 0 Å². The molecule has 1 aliphatic rings. The van der Waals surface area contributed by atoms with E-state index in [2.05, 4.69) is 6.58 Å². The molecule has 1 aromatic rings. The molecular formula is C12H12O2. The molecule has 2 rings (SSSR count). The fraction of sp³-hybridized carbons (Fsp3) is 0.250. The van der Waals surface area contributed by atoms with E-state index in [1.54, 1.807) is 6.08 Å². The van der Waals surface area contributed by atoms with Crippen molar-refractivity contribution in [2.75, 3.05) is 13.2 Å². The van der Waals surface area contributed by atoms with Crippen molar-refractivity contribution in [2.45, 2.75) is 5.92 Å². The third-order valence-electron chi connectivity index (χ3n) is 2.47. The van der Waals surface area contributed by atoms with Crippen LogP contribution in [0, 0.1) is 0 Å². The fourth-order valence-electron chi connectivity index (χ4n) is 1.66. The molecule has 1 aromatic carbocycles. The van der Waals surface area contributed by atoms with Crippen LogP contribution >= 0.6 is 0 Å². The smallest absolute Gasteiger partial charge is 0.168 e. The number of ether oxygens (including phenoxy) is 1. The van der Waals surface area contributed by atoms with Crippen molar-refractivity contribution in [2.24, 2.45) is 0 Å². The predicted octanol–water partition coefficient (Wildman–Crippen LogP) is 2.01. The fourth-order valence-corrected chi connectivity index (χ4v) is 1.66. The van der Waals surface area contributed by atoms with Crippen LogP contribution in [0.4, 0.5) is 0 Å². The second-order valence-corrected chi connectivity index (χ2v) is 3.41. The Morgan fingerprint density at radius 1 is 1.50 bits per heavy atom. The second kappa shape index (κ2) is 3.76. The lowest BCUT2D eigenvalue weighted by atomic mass is 9.96. The van der Waals surface area contributed by atoms with E-state index in [0.29, 0.717) is 6.61 Å². The van der Waals surface area contributed by atoms with Gasteiger partial charge >= 0.3 is 0 Å². The molecule has 72 valence electrons. The van der Waals surface area contributed by atoms with Gasteiger partial charge in [0.05, 0.1) is 12.5 Å². The van der Waals surface area contributed by atoms with E-state index in [-0.39, 0.29) is 18.3 Å². The number of benzene rings is 1. The monoisotopic (exact) mass is 188 g/mol. The highest BCUT2D eigenvalue weighted by molar-refractivity contribution is 5.88. The topological polar surface area (TPSA) is 26.3 Å². The molecule has 0 bridgehead atoms. The predicted molar refractivity (Wildman–Crippen MR) is 55.1 cm³/mol. The van der Waals surface area contributed by atoms with Crippen LogP contribution in [0.25, 0.3) is 6.08 Å². The van der Waals surface area contributed by atoms with Crippen LogP contribution in [0.1, 0.15) is 17.0 Å². The number of ketones is 1. The summed E-state index contributed by atoms with van der Waals surface area (Å²) in [5.74, 6) is 0.0983. The molecule has 14 heavy (non-hydrogen) atoms. The van der Waals surface area contributed by atoms with Gasteiger partial charge in [-0.05, 0) is 11.1 Å². The Bertz CT molecular complexity index is 368. The van der Waals surface area contributed by atoms with Crippen molar-refractivity contribution < 1.29 is 9.53 Å². The van der Waals surface area contributed by atoms with E-state index in [4.69, 9.17) is 4.74 Å². The van der Waals surface area contributed by atoms with Gasteiger partial charge in [-0.25, -0.2) is 0 Å². The molecule has 1 aliphatic heterocycles. The van der Waals surface area contributed by atoms with Crippen molar-refractivity contribution >= 4 is 11.9 Å². The van der Waals surface area contributed by atoms with Crippen LogP contribution in [0.15, 0.2) is 30.8 Å². The van der Waals surface area contributed by atoms with Crippen molar-refractivity contribution in [3.63, 3.8) is 0 Å². The Labute approximate surface area is 83.2 Å². The van der Waals surface area contributed by atoms with Gasteiger partial charge < -0.3 is 4.74 Å². The van der Waals surface area contributed by atoms with Crippen LogP contribution in [0.2, 0.25) is 0 Å². The lowest BCUT2D eigenvalue weighted by Gasteiger charge is -2.06. The summed E-state index contributed by atoms with van der Waals surface area (Å²) in [5, 5.41) is 0. The molecular weight excluding hydrogens is 176 g/mol. The summed E-state index contributed by atoms with van der Waals surface area (Å²) < 4.78 is 5.12. The standard InChI is InChI=1S/C12H12O2/c1-2-9-4-3-5-10(6-9)11-7-14-8-12(11)13/h2-6,11H,1,7-8H2/t11-/m1/s1. The zero-order valence-corrected chi connectivity index (χ0v) is 7.90. The number of rotatable bonds is 2. The molecule has 0 radical (unpaired) electrons. The molecule has 0 amide bonds. The number of carbonyl (C=O) groups excluding carboxylic acids is 1. The molecule has 0 N–H and O–H groups in total. The third-order valence-corrected chi connectivity index (χ3v) is 2.47. The van der Waals surface area contributed by atoms with E-state index in [9.17, 15) is 4.79 Å². The van der Waals surface area contributed by atoms with E-state index < -0.39 is 0 Å². The minimum Gasteiger partial charge on any atom is -0.373 e. The normalized spacial score (nSPS) is 21.1. The van der Waals surface area contributed by atoms with Crippen molar-refractivity contribution in [3.05, 3.63) is 42.0 Å². The molecule has 1 heterocycles. The maximum absolute atomic E-state index is 11.4. The van der Waals surface area contributed by atoms with Crippen LogP contribution in [0.3, 0.4) is 0 Å².